The zero-order valence-electron chi connectivity index (χ0n) is 18.3. The number of carbonyl (C=O) groups excluding carboxylic acids is 2. The largest absolute Gasteiger partial charge is 0.497 e. The molecule has 0 aliphatic carbocycles. The molecule has 0 aromatic heterocycles. The zero-order chi connectivity index (χ0) is 22.4. The Morgan fingerprint density at radius 2 is 1.48 bits per heavy atom. The van der Waals surface area contributed by atoms with Gasteiger partial charge in [-0.2, -0.15) is 0 Å². The average molecular weight is 445 g/mol. The summed E-state index contributed by atoms with van der Waals surface area (Å²) in [6.45, 7) is 6.10. The molecule has 2 amide bonds. The van der Waals surface area contributed by atoms with Gasteiger partial charge in [0.25, 0.3) is 5.91 Å². The highest BCUT2D eigenvalue weighted by atomic mass is 35.5. The first kappa shape index (κ1) is 22.9. The number of hydrogen-bond acceptors (Lipinski definition) is 4. The van der Waals surface area contributed by atoms with Gasteiger partial charge in [0, 0.05) is 31.2 Å². The molecule has 31 heavy (non-hydrogen) atoms. The Labute approximate surface area is 188 Å². The molecule has 2 aromatic rings. The van der Waals surface area contributed by atoms with Crippen molar-refractivity contribution < 1.29 is 19.1 Å². The molecule has 1 aliphatic rings. The normalized spacial score (nSPS) is 14.2. The summed E-state index contributed by atoms with van der Waals surface area (Å²) >= 11 is 6.19. The number of carbonyl (C=O) groups is 2. The van der Waals surface area contributed by atoms with E-state index in [0.29, 0.717) is 43.4 Å². The number of benzene rings is 2. The summed E-state index contributed by atoms with van der Waals surface area (Å²) in [6, 6.07) is 11.2. The van der Waals surface area contributed by atoms with E-state index in [-0.39, 0.29) is 18.4 Å². The Morgan fingerprint density at radius 3 is 2.06 bits per heavy atom. The molecule has 6 nitrogen and oxygen atoms in total. The molecule has 7 heteroatoms. The van der Waals surface area contributed by atoms with Crippen molar-refractivity contribution in [2.45, 2.75) is 26.7 Å². The van der Waals surface area contributed by atoms with E-state index in [0.717, 1.165) is 28.9 Å². The summed E-state index contributed by atoms with van der Waals surface area (Å²) in [7, 11) is 1.62. The molecule has 3 rings (SSSR count). The average Bonchev–Trinajstić information content (AvgIpc) is 3.02. The third-order valence-corrected chi connectivity index (χ3v) is 6.08. The van der Waals surface area contributed by atoms with Gasteiger partial charge in [-0.1, -0.05) is 23.7 Å². The lowest BCUT2D eigenvalue weighted by atomic mass is 10.1. The molecular weight excluding hydrogens is 416 g/mol. The van der Waals surface area contributed by atoms with Crippen molar-refractivity contribution in [3.63, 3.8) is 0 Å². The Balaban J connectivity index is 1.50. The van der Waals surface area contributed by atoms with Gasteiger partial charge in [-0.25, -0.2) is 0 Å². The molecule has 1 heterocycles. The first-order chi connectivity index (χ1) is 14.9. The van der Waals surface area contributed by atoms with E-state index in [1.165, 1.54) is 0 Å². The fourth-order valence-corrected chi connectivity index (χ4v) is 3.78. The highest BCUT2D eigenvalue weighted by Gasteiger charge is 2.22. The van der Waals surface area contributed by atoms with Gasteiger partial charge in [0.05, 0.1) is 13.5 Å². The highest BCUT2D eigenvalue weighted by molar-refractivity contribution is 6.32. The Kier molecular flexibility index (Phi) is 7.80. The maximum absolute atomic E-state index is 12.7. The SMILES string of the molecule is COc1ccc(CC(=O)N2CCCN(C(=O)COc3cc(C)c(Cl)c(C)c3)CC2)cc1. The lowest BCUT2D eigenvalue weighted by Crippen LogP contribution is -2.39. The molecule has 0 N–H and O–H groups in total. The first-order valence-electron chi connectivity index (χ1n) is 10.5. The number of amides is 2. The summed E-state index contributed by atoms with van der Waals surface area (Å²) in [4.78, 5) is 29.0. The van der Waals surface area contributed by atoms with Gasteiger partial charge in [-0.15, -0.1) is 0 Å². The van der Waals surface area contributed by atoms with E-state index in [4.69, 9.17) is 21.1 Å². The van der Waals surface area contributed by atoms with E-state index in [2.05, 4.69) is 0 Å². The van der Waals surface area contributed by atoms with Gasteiger partial charge in [-0.05, 0) is 61.2 Å². The van der Waals surface area contributed by atoms with Crippen LogP contribution in [0.25, 0.3) is 0 Å². The predicted octanol–water partition coefficient (Wildman–Crippen LogP) is 3.65. The van der Waals surface area contributed by atoms with E-state index in [9.17, 15) is 9.59 Å². The second kappa shape index (κ2) is 10.5. The zero-order valence-corrected chi connectivity index (χ0v) is 19.1. The lowest BCUT2D eigenvalue weighted by molar-refractivity contribution is -0.134. The molecule has 0 radical (unpaired) electrons. The maximum atomic E-state index is 12.7. The van der Waals surface area contributed by atoms with E-state index < -0.39 is 0 Å². The minimum absolute atomic E-state index is 0.0275. The molecule has 1 saturated heterocycles. The quantitative estimate of drug-likeness (QED) is 0.682. The molecule has 0 bridgehead atoms. The molecule has 166 valence electrons. The Bertz CT molecular complexity index is 907. The number of hydrogen-bond donors (Lipinski definition) is 0. The van der Waals surface area contributed by atoms with Crippen LogP contribution in [0.3, 0.4) is 0 Å². The second-order valence-corrected chi connectivity index (χ2v) is 8.18. The van der Waals surface area contributed by atoms with Crippen LogP contribution in [-0.2, 0) is 16.0 Å². The van der Waals surface area contributed by atoms with Crippen LogP contribution in [0, 0.1) is 13.8 Å². The van der Waals surface area contributed by atoms with E-state index in [1.54, 1.807) is 12.0 Å². The number of methoxy groups -OCH3 is 1. The third-order valence-electron chi connectivity index (χ3n) is 5.49. The van der Waals surface area contributed by atoms with Crippen molar-refractivity contribution in [1.29, 1.82) is 0 Å². The first-order valence-corrected chi connectivity index (χ1v) is 10.8. The van der Waals surface area contributed by atoms with Gasteiger partial charge in [-0.3, -0.25) is 9.59 Å². The van der Waals surface area contributed by atoms with Crippen LogP contribution in [0.5, 0.6) is 11.5 Å². The molecular formula is C24H29ClN2O4. The predicted molar refractivity (Wildman–Crippen MR) is 121 cm³/mol. The fourth-order valence-electron chi connectivity index (χ4n) is 3.67. The minimum atomic E-state index is -0.0743. The third kappa shape index (κ3) is 6.14. The molecule has 2 aromatic carbocycles. The van der Waals surface area contributed by atoms with Crippen LogP contribution in [0.2, 0.25) is 5.02 Å². The van der Waals surface area contributed by atoms with Crippen LogP contribution in [0.4, 0.5) is 0 Å². The van der Waals surface area contributed by atoms with Crippen molar-refractivity contribution in [1.82, 2.24) is 9.80 Å². The number of halogens is 1. The van der Waals surface area contributed by atoms with Crippen LogP contribution in [0.1, 0.15) is 23.1 Å². The van der Waals surface area contributed by atoms with E-state index in [1.807, 2.05) is 55.1 Å². The molecule has 0 saturated carbocycles. The van der Waals surface area contributed by atoms with Gasteiger partial charge in [0.2, 0.25) is 5.91 Å². The summed E-state index contributed by atoms with van der Waals surface area (Å²) in [5, 5.41) is 0.714. The van der Waals surface area contributed by atoms with Crippen molar-refractivity contribution in [2.75, 3.05) is 39.9 Å². The van der Waals surface area contributed by atoms with Gasteiger partial charge < -0.3 is 19.3 Å². The topological polar surface area (TPSA) is 59.1 Å². The van der Waals surface area contributed by atoms with Crippen molar-refractivity contribution in [3.8, 4) is 11.5 Å². The Hall–Kier alpha value is -2.73. The molecule has 0 atom stereocenters. The maximum Gasteiger partial charge on any atom is 0.260 e. The number of aryl methyl sites for hydroxylation is 2. The molecule has 1 aliphatic heterocycles. The van der Waals surface area contributed by atoms with Crippen LogP contribution < -0.4 is 9.47 Å². The molecule has 1 fully saturated rings. The van der Waals surface area contributed by atoms with E-state index >= 15 is 0 Å². The summed E-state index contributed by atoms with van der Waals surface area (Å²) < 4.78 is 10.9. The standard InChI is InChI=1S/C24H29ClN2O4/c1-17-13-21(14-18(2)24(17)25)31-16-23(29)27-10-4-9-26(11-12-27)22(28)15-19-5-7-20(30-3)8-6-19/h5-8,13-14H,4,9-12,15-16H2,1-3H3. The van der Waals surface area contributed by atoms with Crippen molar-refractivity contribution in [3.05, 3.63) is 58.1 Å². The number of ether oxygens (including phenoxy) is 2. The number of rotatable bonds is 6. The molecule has 0 unspecified atom stereocenters. The summed E-state index contributed by atoms with van der Waals surface area (Å²) in [5.74, 6) is 1.41. The Morgan fingerprint density at radius 1 is 0.903 bits per heavy atom. The lowest BCUT2D eigenvalue weighted by Gasteiger charge is -2.22. The van der Waals surface area contributed by atoms with Crippen molar-refractivity contribution in [2.24, 2.45) is 0 Å². The van der Waals surface area contributed by atoms with Gasteiger partial charge in [0.1, 0.15) is 11.5 Å². The van der Waals surface area contributed by atoms with Crippen molar-refractivity contribution >= 4 is 23.4 Å². The smallest absolute Gasteiger partial charge is 0.260 e. The van der Waals surface area contributed by atoms with Crippen LogP contribution in [0.15, 0.2) is 36.4 Å². The monoisotopic (exact) mass is 444 g/mol. The van der Waals surface area contributed by atoms with Gasteiger partial charge in [0.15, 0.2) is 6.61 Å². The van der Waals surface area contributed by atoms with Crippen LogP contribution >= 0.6 is 11.6 Å². The second-order valence-electron chi connectivity index (χ2n) is 7.80. The highest BCUT2D eigenvalue weighted by Crippen LogP contribution is 2.26. The number of nitrogens with zero attached hydrogens (tertiary/aromatic N) is 2. The van der Waals surface area contributed by atoms with Crippen LogP contribution in [-0.4, -0.2) is 61.5 Å². The minimum Gasteiger partial charge on any atom is -0.497 e. The summed E-state index contributed by atoms with van der Waals surface area (Å²) in [6.07, 6.45) is 1.09. The molecule has 0 spiro atoms. The fraction of sp³-hybridized carbons (Fsp3) is 0.417. The van der Waals surface area contributed by atoms with Gasteiger partial charge >= 0.3 is 0 Å². The summed E-state index contributed by atoms with van der Waals surface area (Å²) in [5.41, 5.74) is 2.79.